The summed E-state index contributed by atoms with van der Waals surface area (Å²) in [5, 5.41) is 12.7. The van der Waals surface area contributed by atoms with Crippen molar-refractivity contribution in [2.45, 2.75) is 19.9 Å². The molecule has 0 saturated heterocycles. The first-order valence-electron chi connectivity index (χ1n) is 5.51. The highest BCUT2D eigenvalue weighted by Gasteiger charge is 2.02. The monoisotopic (exact) mass is 253 g/mol. The molecule has 3 nitrogen and oxygen atoms in total. The Balaban J connectivity index is 2.40. The van der Waals surface area contributed by atoms with Crippen LogP contribution in [0.2, 0.25) is 5.02 Å². The van der Waals surface area contributed by atoms with Gasteiger partial charge >= 0.3 is 5.97 Å². The molecule has 0 aliphatic rings. The van der Waals surface area contributed by atoms with Crippen LogP contribution in [0.5, 0.6) is 0 Å². The Morgan fingerprint density at radius 2 is 2.29 bits per heavy atom. The molecule has 0 saturated carbocycles. The second-order valence-electron chi connectivity index (χ2n) is 3.65. The van der Waals surface area contributed by atoms with Gasteiger partial charge in [0.1, 0.15) is 0 Å². The smallest absolute Gasteiger partial charge is 0.331 e. The Morgan fingerprint density at radius 1 is 1.53 bits per heavy atom. The second kappa shape index (κ2) is 7.09. The van der Waals surface area contributed by atoms with E-state index in [2.05, 4.69) is 5.32 Å². The van der Waals surface area contributed by atoms with E-state index in [1.807, 2.05) is 31.2 Å². The summed E-state index contributed by atoms with van der Waals surface area (Å²) in [6.07, 6.45) is 2.24. The van der Waals surface area contributed by atoms with Gasteiger partial charge in [-0.15, -0.1) is 0 Å². The lowest BCUT2D eigenvalue weighted by molar-refractivity contribution is -0.132. The third kappa shape index (κ3) is 5.02. The molecule has 0 fully saturated rings. The number of halogens is 1. The number of rotatable bonds is 6. The molecule has 17 heavy (non-hydrogen) atoms. The van der Waals surface area contributed by atoms with Crippen molar-refractivity contribution in [1.29, 1.82) is 0 Å². The third-order valence-corrected chi connectivity index (χ3v) is 2.60. The van der Waals surface area contributed by atoms with Crippen molar-refractivity contribution in [2.75, 3.05) is 6.54 Å². The van der Waals surface area contributed by atoms with Gasteiger partial charge in [-0.25, -0.2) is 4.79 Å². The molecule has 0 aliphatic heterocycles. The number of carbonyl (C=O) groups is 1. The zero-order valence-electron chi connectivity index (χ0n) is 9.74. The van der Waals surface area contributed by atoms with Gasteiger partial charge in [-0.1, -0.05) is 36.7 Å². The van der Waals surface area contributed by atoms with Crippen LogP contribution < -0.4 is 5.32 Å². The molecule has 1 aromatic rings. The SMILES string of the molecule is CC/C(=C/CNCc1cccc(Cl)c1)C(=O)O. The lowest BCUT2D eigenvalue weighted by Crippen LogP contribution is -2.14. The van der Waals surface area contributed by atoms with Crippen LogP contribution in [0, 0.1) is 0 Å². The first-order valence-corrected chi connectivity index (χ1v) is 5.88. The van der Waals surface area contributed by atoms with E-state index in [-0.39, 0.29) is 0 Å². The largest absolute Gasteiger partial charge is 0.478 e. The van der Waals surface area contributed by atoms with Crippen molar-refractivity contribution < 1.29 is 9.90 Å². The Labute approximate surface area is 106 Å². The van der Waals surface area contributed by atoms with Gasteiger partial charge in [0.05, 0.1) is 0 Å². The first-order chi connectivity index (χ1) is 8.13. The predicted octanol–water partition coefficient (Wildman–Crippen LogP) is 2.85. The fourth-order valence-corrected chi connectivity index (χ4v) is 1.65. The molecule has 92 valence electrons. The molecule has 4 heteroatoms. The summed E-state index contributed by atoms with van der Waals surface area (Å²) in [6, 6.07) is 7.57. The molecule has 0 aromatic heterocycles. The molecular weight excluding hydrogens is 238 g/mol. The van der Waals surface area contributed by atoms with Crippen LogP contribution in [-0.4, -0.2) is 17.6 Å². The van der Waals surface area contributed by atoms with Gasteiger partial charge in [0.15, 0.2) is 0 Å². The highest BCUT2D eigenvalue weighted by Crippen LogP contribution is 2.10. The summed E-state index contributed by atoms with van der Waals surface area (Å²) < 4.78 is 0. The topological polar surface area (TPSA) is 49.3 Å². The van der Waals surface area contributed by atoms with Gasteiger partial charge in [0, 0.05) is 23.7 Å². The maximum Gasteiger partial charge on any atom is 0.331 e. The summed E-state index contributed by atoms with van der Waals surface area (Å²) in [4.78, 5) is 10.7. The zero-order valence-corrected chi connectivity index (χ0v) is 10.5. The van der Waals surface area contributed by atoms with Crippen LogP contribution >= 0.6 is 11.6 Å². The summed E-state index contributed by atoms with van der Waals surface area (Å²) in [5.74, 6) is -0.850. The zero-order chi connectivity index (χ0) is 12.7. The van der Waals surface area contributed by atoms with Crippen molar-refractivity contribution in [3.63, 3.8) is 0 Å². The van der Waals surface area contributed by atoms with Gasteiger partial charge in [0.2, 0.25) is 0 Å². The number of carboxylic acids is 1. The van der Waals surface area contributed by atoms with E-state index in [9.17, 15) is 4.79 Å². The molecule has 1 aromatic carbocycles. The van der Waals surface area contributed by atoms with Crippen LogP contribution in [0.15, 0.2) is 35.9 Å². The predicted molar refractivity (Wildman–Crippen MR) is 69.2 cm³/mol. The highest BCUT2D eigenvalue weighted by molar-refractivity contribution is 6.30. The molecular formula is C13H16ClNO2. The van der Waals surface area contributed by atoms with E-state index in [0.717, 1.165) is 5.56 Å². The van der Waals surface area contributed by atoms with Gasteiger partial charge in [-0.3, -0.25) is 0 Å². The number of carboxylic acid groups (broad SMARTS) is 1. The van der Waals surface area contributed by atoms with Crippen LogP contribution in [0.4, 0.5) is 0 Å². The molecule has 0 amide bonds. The Morgan fingerprint density at radius 3 is 2.88 bits per heavy atom. The van der Waals surface area contributed by atoms with Crippen LogP contribution in [0.1, 0.15) is 18.9 Å². The van der Waals surface area contributed by atoms with Crippen molar-refractivity contribution in [2.24, 2.45) is 0 Å². The summed E-state index contributed by atoms with van der Waals surface area (Å²) in [7, 11) is 0. The maximum atomic E-state index is 10.7. The number of hydrogen-bond donors (Lipinski definition) is 2. The fourth-order valence-electron chi connectivity index (χ4n) is 1.44. The van der Waals surface area contributed by atoms with E-state index in [1.54, 1.807) is 6.08 Å². The molecule has 0 heterocycles. The van der Waals surface area contributed by atoms with E-state index >= 15 is 0 Å². The molecule has 2 N–H and O–H groups in total. The molecule has 0 aliphatic carbocycles. The second-order valence-corrected chi connectivity index (χ2v) is 4.09. The minimum absolute atomic E-state index is 0.434. The molecule has 0 unspecified atom stereocenters. The van der Waals surface area contributed by atoms with Gasteiger partial charge < -0.3 is 10.4 Å². The Hall–Kier alpha value is -1.32. The molecule has 0 spiro atoms. The summed E-state index contributed by atoms with van der Waals surface area (Å²) in [5.41, 5.74) is 1.52. The van der Waals surface area contributed by atoms with Crippen molar-refractivity contribution in [1.82, 2.24) is 5.32 Å². The average Bonchev–Trinajstić information content (AvgIpc) is 2.28. The van der Waals surface area contributed by atoms with E-state index in [0.29, 0.717) is 30.1 Å². The molecule has 1 rings (SSSR count). The Kier molecular flexibility index (Phi) is 5.73. The van der Waals surface area contributed by atoms with Gasteiger partial charge in [-0.05, 0) is 24.1 Å². The van der Waals surface area contributed by atoms with E-state index < -0.39 is 5.97 Å². The minimum Gasteiger partial charge on any atom is -0.478 e. The number of hydrogen-bond acceptors (Lipinski definition) is 2. The van der Waals surface area contributed by atoms with Crippen LogP contribution in [-0.2, 0) is 11.3 Å². The van der Waals surface area contributed by atoms with Crippen LogP contribution in [0.3, 0.4) is 0 Å². The quantitative estimate of drug-likeness (QED) is 0.605. The van der Waals surface area contributed by atoms with Crippen molar-refractivity contribution in [3.05, 3.63) is 46.5 Å². The summed E-state index contributed by atoms with van der Waals surface area (Å²) in [6.45, 7) is 3.05. The lowest BCUT2D eigenvalue weighted by Gasteiger charge is -2.03. The third-order valence-electron chi connectivity index (χ3n) is 2.37. The van der Waals surface area contributed by atoms with Gasteiger partial charge in [-0.2, -0.15) is 0 Å². The lowest BCUT2D eigenvalue weighted by atomic mass is 10.2. The van der Waals surface area contributed by atoms with Crippen molar-refractivity contribution in [3.8, 4) is 0 Å². The standard InChI is InChI=1S/C13H16ClNO2/c1-2-11(13(16)17)6-7-15-9-10-4-3-5-12(14)8-10/h3-6,8,15H,2,7,9H2,1H3,(H,16,17)/b11-6-. The molecule has 0 bridgehead atoms. The summed E-state index contributed by atoms with van der Waals surface area (Å²) >= 11 is 5.85. The molecule has 0 atom stereocenters. The normalized spacial score (nSPS) is 11.5. The first kappa shape index (κ1) is 13.7. The van der Waals surface area contributed by atoms with Crippen molar-refractivity contribution >= 4 is 17.6 Å². The maximum absolute atomic E-state index is 10.7. The Bertz CT molecular complexity index is 416. The fraction of sp³-hybridized carbons (Fsp3) is 0.308. The minimum atomic E-state index is -0.850. The van der Waals surface area contributed by atoms with E-state index in [4.69, 9.17) is 16.7 Å². The van der Waals surface area contributed by atoms with Crippen LogP contribution in [0.25, 0.3) is 0 Å². The number of benzene rings is 1. The number of nitrogens with one attached hydrogen (secondary N) is 1. The van der Waals surface area contributed by atoms with E-state index in [1.165, 1.54) is 0 Å². The average molecular weight is 254 g/mol. The molecule has 0 radical (unpaired) electrons. The number of aliphatic carboxylic acids is 1. The van der Waals surface area contributed by atoms with Gasteiger partial charge in [0.25, 0.3) is 0 Å². The highest BCUT2D eigenvalue weighted by atomic mass is 35.5.